The Morgan fingerprint density at radius 3 is 2.87 bits per heavy atom. The van der Waals surface area contributed by atoms with E-state index in [0.29, 0.717) is 38.4 Å². The molecule has 0 radical (unpaired) electrons. The Labute approximate surface area is 133 Å². The molecule has 7 nitrogen and oxygen atoms in total. The maximum absolute atomic E-state index is 12.4. The average Bonchev–Trinajstić information content (AvgIpc) is 3.14. The van der Waals surface area contributed by atoms with E-state index in [1.807, 2.05) is 0 Å². The molecule has 2 atom stereocenters. The minimum atomic E-state index is -1.09. The van der Waals surface area contributed by atoms with Crippen molar-refractivity contribution < 1.29 is 28.6 Å². The van der Waals surface area contributed by atoms with Crippen LogP contribution in [0, 0.1) is 0 Å². The summed E-state index contributed by atoms with van der Waals surface area (Å²) in [5, 5.41) is 12.1. The third-order valence-electron chi connectivity index (χ3n) is 4.48. The highest BCUT2D eigenvalue weighted by Gasteiger charge is 2.41. The van der Waals surface area contributed by atoms with Gasteiger partial charge >= 0.3 is 5.97 Å². The number of nitrogens with one attached hydrogen (secondary N) is 1. The van der Waals surface area contributed by atoms with Crippen molar-refractivity contribution in [1.82, 2.24) is 5.32 Å². The van der Waals surface area contributed by atoms with Crippen LogP contribution in [0.15, 0.2) is 10.5 Å². The quantitative estimate of drug-likeness (QED) is 0.873. The van der Waals surface area contributed by atoms with Crippen molar-refractivity contribution >= 4 is 11.9 Å². The van der Waals surface area contributed by atoms with Crippen LogP contribution < -0.4 is 5.32 Å². The van der Waals surface area contributed by atoms with Crippen LogP contribution in [0.5, 0.6) is 0 Å². The van der Waals surface area contributed by atoms with Gasteiger partial charge < -0.3 is 24.3 Å². The van der Waals surface area contributed by atoms with Gasteiger partial charge in [-0.05, 0) is 12.8 Å². The highest BCUT2D eigenvalue weighted by atomic mass is 16.6. The molecule has 0 saturated carbocycles. The predicted octanol–water partition coefficient (Wildman–Crippen LogP) is 1.61. The van der Waals surface area contributed by atoms with Crippen LogP contribution in [-0.2, 0) is 15.9 Å². The molecule has 23 heavy (non-hydrogen) atoms. The SMILES string of the molecule is CCc1oc(C(=O)NC2CCOC3(CCOC3)C2)cc1C(=O)O. The summed E-state index contributed by atoms with van der Waals surface area (Å²) in [5.41, 5.74) is -0.245. The number of aromatic carboxylic acids is 1. The van der Waals surface area contributed by atoms with Crippen molar-refractivity contribution in [3.05, 3.63) is 23.2 Å². The molecule has 2 aliphatic rings. The smallest absolute Gasteiger partial charge is 0.339 e. The zero-order valence-corrected chi connectivity index (χ0v) is 13.1. The highest BCUT2D eigenvalue weighted by Crippen LogP contribution is 2.33. The molecule has 126 valence electrons. The molecule has 0 aliphatic carbocycles. The molecule has 3 rings (SSSR count). The van der Waals surface area contributed by atoms with Crippen LogP contribution in [-0.4, -0.2) is 48.4 Å². The Hall–Kier alpha value is -1.86. The summed E-state index contributed by atoms with van der Waals surface area (Å²) < 4.78 is 16.6. The lowest BCUT2D eigenvalue weighted by molar-refractivity contribution is -0.0881. The molecule has 1 aromatic rings. The number of rotatable bonds is 4. The summed E-state index contributed by atoms with van der Waals surface area (Å²) in [6.45, 7) is 3.60. The summed E-state index contributed by atoms with van der Waals surface area (Å²) in [6, 6.07) is 1.27. The zero-order valence-electron chi connectivity index (χ0n) is 13.1. The lowest BCUT2D eigenvalue weighted by Gasteiger charge is -2.37. The van der Waals surface area contributed by atoms with E-state index in [-0.39, 0.29) is 28.9 Å². The van der Waals surface area contributed by atoms with E-state index in [9.17, 15) is 9.59 Å². The predicted molar refractivity (Wildman–Crippen MR) is 79.7 cm³/mol. The van der Waals surface area contributed by atoms with Crippen LogP contribution in [0.3, 0.4) is 0 Å². The molecule has 7 heteroatoms. The Kier molecular flexibility index (Phi) is 4.41. The second-order valence-corrected chi connectivity index (χ2v) is 6.10. The van der Waals surface area contributed by atoms with E-state index >= 15 is 0 Å². The molecular formula is C16H21NO6. The van der Waals surface area contributed by atoms with Crippen molar-refractivity contribution in [3.63, 3.8) is 0 Å². The lowest BCUT2D eigenvalue weighted by atomic mass is 9.89. The minimum Gasteiger partial charge on any atom is -0.478 e. The Bertz CT molecular complexity index is 602. The third-order valence-corrected chi connectivity index (χ3v) is 4.48. The molecule has 0 bridgehead atoms. The first-order valence-corrected chi connectivity index (χ1v) is 7.91. The fourth-order valence-corrected chi connectivity index (χ4v) is 3.26. The first-order chi connectivity index (χ1) is 11.0. The monoisotopic (exact) mass is 323 g/mol. The molecule has 1 amide bonds. The van der Waals surface area contributed by atoms with E-state index in [2.05, 4.69) is 5.32 Å². The van der Waals surface area contributed by atoms with Gasteiger partial charge in [-0.2, -0.15) is 0 Å². The normalized spacial score (nSPS) is 27.3. The molecule has 2 saturated heterocycles. The van der Waals surface area contributed by atoms with E-state index < -0.39 is 5.97 Å². The van der Waals surface area contributed by atoms with Crippen molar-refractivity contribution in [1.29, 1.82) is 0 Å². The maximum Gasteiger partial charge on any atom is 0.339 e. The van der Waals surface area contributed by atoms with Crippen LogP contribution in [0.4, 0.5) is 0 Å². The fourth-order valence-electron chi connectivity index (χ4n) is 3.26. The topological polar surface area (TPSA) is 98.0 Å². The summed E-state index contributed by atoms with van der Waals surface area (Å²) in [6.07, 6.45) is 2.68. The summed E-state index contributed by atoms with van der Waals surface area (Å²) in [7, 11) is 0. The standard InChI is InChI=1S/C16H21NO6/c1-2-12-11(15(19)20)7-13(23-12)14(18)17-10-3-5-22-16(8-10)4-6-21-9-16/h7,10H,2-6,8-9H2,1H3,(H,17,18)(H,19,20). The summed E-state index contributed by atoms with van der Waals surface area (Å²) in [4.78, 5) is 23.5. The molecule has 2 N–H and O–H groups in total. The van der Waals surface area contributed by atoms with Gasteiger partial charge in [0.1, 0.15) is 11.3 Å². The second-order valence-electron chi connectivity index (χ2n) is 6.10. The van der Waals surface area contributed by atoms with Crippen LogP contribution in [0.1, 0.15) is 52.9 Å². The minimum absolute atomic E-state index is 0.0265. The number of carbonyl (C=O) groups excluding carboxylic acids is 1. The van der Waals surface area contributed by atoms with Crippen LogP contribution in [0.25, 0.3) is 0 Å². The van der Waals surface area contributed by atoms with Crippen molar-refractivity contribution in [2.45, 2.75) is 44.2 Å². The molecule has 3 heterocycles. The summed E-state index contributed by atoms with van der Waals surface area (Å²) in [5.74, 6) is -1.11. The number of carboxylic acid groups (broad SMARTS) is 1. The third kappa shape index (κ3) is 3.25. The molecule has 2 aliphatic heterocycles. The molecule has 1 spiro atoms. The largest absolute Gasteiger partial charge is 0.478 e. The highest BCUT2D eigenvalue weighted by molar-refractivity contribution is 5.96. The van der Waals surface area contributed by atoms with E-state index in [1.165, 1.54) is 6.07 Å². The number of amides is 1. The van der Waals surface area contributed by atoms with E-state index in [4.69, 9.17) is 19.0 Å². The summed E-state index contributed by atoms with van der Waals surface area (Å²) >= 11 is 0. The van der Waals surface area contributed by atoms with E-state index in [1.54, 1.807) is 6.92 Å². The fraction of sp³-hybridized carbons (Fsp3) is 0.625. The Balaban J connectivity index is 1.68. The first-order valence-electron chi connectivity index (χ1n) is 7.91. The van der Waals surface area contributed by atoms with Gasteiger partial charge in [0.2, 0.25) is 0 Å². The maximum atomic E-state index is 12.4. The van der Waals surface area contributed by atoms with Crippen molar-refractivity contribution in [2.75, 3.05) is 19.8 Å². The van der Waals surface area contributed by atoms with Crippen molar-refractivity contribution in [2.24, 2.45) is 0 Å². The molecule has 2 unspecified atom stereocenters. The number of hydrogen-bond acceptors (Lipinski definition) is 5. The number of aryl methyl sites for hydroxylation is 1. The van der Waals surface area contributed by atoms with Crippen LogP contribution >= 0.6 is 0 Å². The van der Waals surface area contributed by atoms with E-state index in [0.717, 1.165) is 12.8 Å². The molecule has 2 fully saturated rings. The van der Waals surface area contributed by atoms with Crippen molar-refractivity contribution in [3.8, 4) is 0 Å². The van der Waals surface area contributed by atoms with Gasteiger partial charge in [0.05, 0.1) is 12.2 Å². The van der Waals surface area contributed by atoms with Gasteiger partial charge in [0.15, 0.2) is 5.76 Å². The van der Waals surface area contributed by atoms with Gasteiger partial charge in [0.25, 0.3) is 5.91 Å². The number of carbonyl (C=O) groups is 2. The lowest BCUT2D eigenvalue weighted by Crippen LogP contribution is -2.49. The van der Waals surface area contributed by atoms with Crippen LogP contribution in [0.2, 0.25) is 0 Å². The average molecular weight is 323 g/mol. The van der Waals surface area contributed by atoms with Gasteiger partial charge in [0, 0.05) is 38.2 Å². The number of furan rings is 1. The molecule has 0 aromatic carbocycles. The Morgan fingerprint density at radius 1 is 1.43 bits per heavy atom. The first kappa shape index (κ1) is 16.0. The van der Waals surface area contributed by atoms with Gasteiger partial charge in [-0.25, -0.2) is 4.79 Å². The Morgan fingerprint density at radius 2 is 2.26 bits per heavy atom. The van der Waals surface area contributed by atoms with Gasteiger partial charge in [-0.1, -0.05) is 6.92 Å². The number of carboxylic acids is 1. The molecular weight excluding hydrogens is 302 g/mol. The van der Waals surface area contributed by atoms with Gasteiger partial charge in [-0.3, -0.25) is 4.79 Å². The van der Waals surface area contributed by atoms with Gasteiger partial charge in [-0.15, -0.1) is 0 Å². The number of ether oxygens (including phenoxy) is 2. The molecule has 1 aromatic heterocycles. The number of hydrogen-bond donors (Lipinski definition) is 2. The second kappa shape index (κ2) is 6.33. The zero-order chi connectivity index (χ0) is 16.4.